The normalized spacial score (nSPS) is 23.0. The molecule has 1 aliphatic heterocycles. The molecule has 1 aliphatic rings. The van der Waals surface area contributed by atoms with Crippen molar-refractivity contribution in [3.8, 4) is 0 Å². The van der Waals surface area contributed by atoms with E-state index in [1.165, 1.54) is 30.4 Å². The Hall–Kier alpha value is -0.890. The average molecular weight is 176 g/mol. The first-order valence-corrected chi connectivity index (χ1v) is 5.02. The Kier molecular flexibility index (Phi) is 2.60. The number of hydrogen-bond acceptors (Lipinski definition) is 2. The molecule has 0 spiro atoms. The third-order valence-corrected chi connectivity index (χ3v) is 2.77. The van der Waals surface area contributed by atoms with Gasteiger partial charge in [0.05, 0.1) is 0 Å². The van der Waals surface area contributed by atoms with E-state index in [2.05, 4.69) is 23.3 Å². The number of piperidine rings is 1. The van der Waals surface area contributed by atoms with Gasteiger partial charge in [-0.15, -0.1) is 0 Å². The van der Waals surface area contributed by atoms with E-state index in [4.69, 9.17) is 0 Å². The van der Waals surface area contributed by atoms with Crippen LogP contribution in [0.15, 0.2) is 18.5 Å². The van der Waals surface area contributed by atoms with Crippen molar-refractivity contribution < 1.29 is 0 Å². The Morgan fingerprint density at radius 2 is 2.38 bits per heavy atom. The molecule has 70 valence electrons. The van der Waals surface area contributed by atoms with Crippen molar-refractivity contribution in [3.05, 3.63) is 29.6 Å². The number of aryl methyl sites for hydroxylation is 1. The molecule has 1 saturated heterocycles. The van der Waals surface area contributed by atoms with Crippen LogP contribution in [0, 0.1) is 6.92 Å². The van der Waals surface area contributed by atoms with E-state index in [9.17, 15) is 0 Å². The van der Waals surface area contributed by atoms with Crippen LogP contribution in [0.5, 0.6) is 0 Å². The third kappa shape index (κ3) is 1.89. The molecule has 1 atom stereocenters. The van der Waals surface area contributed by atoms with E-state index in [0.29, 0.717) is 6.04 Å². The number of nitrogens with zero attached hydrogens (tertiary/aromatic N) is 1. The summed E-state index contributed by atoms with van der Waals surface area (Å²) in [5.41, 5.74) is 2.73. The zero-order valence-electron chi connectivity index (χ0n) is 8.09. The molecule has 2 heterocycles. The molecular formula is C11H16N2. The van der Waals surface area contributed by atoms with Crippen LogP contribution >= 0.6 is 0 Å². The summed E-state index contributed by atoms with van der Waals surface area (Å²) in [6.45, 7) is 3.31. The lowest BCUT2D eigenvalue weighted by Crippen LogP contribution is -2.27. The lowest BCUT2D eigenvalue weighted by atomic mass is 9.96. The molecule has 1 aromatic heterocycles. The highest BCUT2D eigenvalue weighted by Gasteiger charge is 2.15. The highest BCUT2D eigenvalue weighted by Crippen LogP contribution is 2.24. The molecule has 1 N–H and O–H groups in total. The van der Waals surface area contributed by atoms with Crippen molar-refractivity contribution in [2.24, 2.45) is 0 Å². The maximum atomic E-state index is 4.18. The topological polar surface area (TPSA) is 24.9 Å². The monoisotopic (exact) mass is 176 g/mol. The van der Waals surface area contributed by atoms with Gasteiger partial charge in [0.15, 0.2) is 0 Å². The number of pyridine rings is 1. The maximum absolute atomic E-state index is 4.18. The predicted octanol–water partition coefficient (Wildman–Crippen LogP) is 2.20. The van der Waals surface area contributed by atoms with Crippen LogP contribution in [0.3, 0.4) is 0 Å². The van der Waals surface area contributed by atoms with Crippen LogP contribution in [0.4, 0.5) is 0 Å². The molecule has 0 radical (unpaired) electrons. The van der Waals surface area contributed by atoms with Gasteiger partial charge in [-0.3, -0.25) is 4.98 Å². The minimum Gasteiger partial charge on any atom is -0.310 e. The molecule has 0 aromatic carbocycles. The molecule has 0 amide bonds. The molecule has 0 bridgehead atoms. The summed E-state index contributed by atoms with van der Waals surface area (Å²) in [5.74, 6) is 0. The molecule has 1 fully saturated rings. The largest absolute Gasteiger partial charge is 0.310 e. The van der Waals surface area contributed by atoms with Crippen molar-refractivity contribution in [2.45, 2.75) is 32.2 Å². The SMILES string of the molecule is Cc1ccncc1[C@H]1CCCCN1. The second-order valence-corrected chi connectivity index (χ2v) is 3.73. The fraction of sp³-hybridized carbons (Fsp3) is 0.545. The van der Waals surface area contributed by atoms with Crippen LogP contribution in [0.2, 0.25) is 0 Å². The highest BCUT2D eigenvalue weighted by atomic mass is 14.9. The second-order valence-electron chi connectivity index (χ2n) is 3.73. The van der Waals surface area contributed by atoms with E-state index < -0.39 is 0 Å². The number of nitrogens with one attached hydrogen (secondary N) is 1. The Morgan fingerprint density at radius 3 is 3.08 bits per heavy atom. The van der Waals surface area contributed by atoms with Gasteiger partial charge in [-0.05, 0) is 43.5 Å². The summed E-state index contributed by atoms with van der Waals surface area (Å²) in [4.78, 5) is 4.18. The Morgan fingerprint density at radius 1 is 1.46 bits per heavy atom. The average Bonchev–Trinajstić information content (AvgIpc) is 2.20. The van der Waals surface area contributed by atoms with Crippen molar-refractivity contribution in [1.82, 2.24) is 10.3 Å². The first-order chi connectivity index (χ1) is 6.38. The van der Waals surface area contributed by atoms with Gasteiger partial charge in [0.2, 0.25) is 0 Å². The summed E-state index contributed by atoms with van der Waals surface area (Å²) in [7, 11) is 0. The van der Waals surface area contributed by atoms with E-state index in [1.54, 1.807) is 0 Å². The zero-order chi connectivity index (χ0) is 9.10. The summed E-state index contributed by atoms with van der Waals surface area (Å²) < 4.78 is 0. The van der Waals surface area contributed by atoms with Gasteiger partial charge < -0.3 is 5.32 Å². The van der Waals surface area contributed by atoms with Crippen molar-refractivity contribution >= 4 is 0 Å². The van der Waals surface area contributed by atoms with Crippen molar-refractivity contribution in [2.75, 3.05) is 6.54 Å². The zero-order valence-corrected chi connectivity index (χ0v) is 8.09. The van der Waals surface area contributed by atoms with Crippen molar-refractivity contribution in [3.63, 3.8) is 0 Å². The fourth-order valence-electron chi connectivity index (χ4n) is 1.96. The summed E-state index contributed by atoms with van der Waals surface area (Å²) >= 11 is 0. The first-order valence-electron chi connectivity index (χ1n) is 5.02. The minimum absolute atomic E-state index is 0.544. The van der Waals surface area contributed by atoms with E-state index >= 15 is 0 Å². The van der Waals surface area contributed by atoms with Gasteiger partial charge in [-0.1, -0.05) is 6.42 Å². The summed E-state index contributed by atoms with van der Waals surface area (Å²) in [6, 6.07) is 2.63. The van der Waals surface area contributed by atoms with Gasteiger partial charge in [0.25, 0.3) is 0 Å². The lowest BCUT2D eigenvalue weighted by molar-refractivity contribution is 0.410. The smallest absolute Gasteiger partial charge is 0.0338 e. The van der Waals surface area contributed by atoms with E-state index in [0.717, 1.165) is 6.54 Å². The van der Waals surface area contributed by atoms with E-state index in [-0.39, 0.29) is 0 Å². The van der Waals surface area contributed by atoms with Gasteiger partial charge in [-0.2, -0.15) is 0 Å². The number of aromatic nitrogens is 1. The van der Waals surface area contributed by atoms with Crippen LogP contribution in [-0.4, -0.2) is 11.5 Å². The van der Waals surface area contributed by atoms with Gasteiger partial charge in [0, 0.05) is 18.4 Å². The van der Waals surface area contributed by atoms with Gasteiger partial charge in [0.1, 0.15) is 0 Å². The van der Waals surface area contributed by atoms with Crippen LogP contribution in [-0.2, 0) is 0 Å². The molecule has 13 heavy (non-hydrogen) atoms. The minimum atomic E-state index is 0.544. The molecule has 0 saturated carbocycles. The van der Waals surface area contributed by atoms with Crippen LogP contribution in [0.1, 0.15) is 36.4 Å². The molecule has 0 unspecified atom stereocenters. The van der Waals surface area contributed by atoms with Crippen LogP contribution in [0.25, 0.3) is 0 Å². The Labute approximate surface area is 79.4 Å². The molecular weight excluding hydrogens is 160 g/mol. The quantitative estimate of drug-likeness (QED) is 0.709. The standard InChI is InChI=1S/C11H16N2/c1-9-5-7-12-8-10(9)11-4-2-3-6-13-11/h5,7-8,11,13H,2-4,6H2,1H3/t11-/m1/s1. The molecule has 2 rings (SSSR count). The van der Waals surface area contributed by atoms with E-state index in [1.807, 2.05) is 12.4 Å². The molecule has 1 aromatic rings. The third-order valence-electron chi connectivity index (χ3n) is 2.77. The number of hydrogen-bond donors (Lipinski definition) is 1. The molecule has 2 heteroatoms. The maximum Gasteiger partial charge on any atom is 0.0338 e. The second kappa shape index (κ2) is 3.88. The summed E-state index contributed by atoms with van der Waals surface area (Å²) in [6.07, 6.45) is 7.77. The fourth-order valence-corrected chi connectivity index (χ4v) is 1.96. The van der Waals surface area contributed by atoms with Crippen LogP contribution < -0.4 is 5.32 Å². The Bertz CT molecular complexity index is 277. The van der Waals surface area contributed by atoms with Gasteiger partial charge >= 0.3 is 0 Å². The summed E-state index contributed by atoms with van der Waals surface area (Å²) in [5, 5.41) is 3.54. The number of rotatable bonds is 1. The molecule has 0 aliphatic carbocycles. The lowest BCUT2D eigenvalue weighted by Gasteiger charge is -2.24. The van der Waals surface area contributed by atoms with Gasteiger partial charge in [-0.25, -0.2) is 0 Å². The highest BCUT2D eigenvalue weighted by molar-refractivity contribution is 5.25. The molecule has 2 nitrogen and oxygen atoms in total. The first kappa shape index (κ1) is 8.70. The van der Waals surface area contributed by atoms with Crippen molar-refractivity contribution in [1.29, 1.82) is 0 Å². The predicted molar refractivity (Wildman–Crippen MR) is 53.6 cm³/mol. The Balaban J connectivity index is 2.18.